The van der Waals surface area contributed by atoms with E-state index in [-0.39, 0.29) is 22.2 Å². The van der Waals surface area contributed by atoms with E-state index in [9.17, 15) is 27.5 Å². The smallest absolute Gasteiger partial charge is 0.416 e. The van der Waals surface area contributed by atoms with Crippen molar-refractivity contribution in [3.8, 4) is 17.0 Å². The molecule has 1 heterocycles. The zero-order chi connectivity index (χ0) is 18.4. The van der Waals surface area contributed by atoms with E-state index in [1.807, 2.05) is 0 Å². The molecule has 3 rings (SSSR count). The molecule has 0 saturated heterocycles. The summed E-state index contributed by atoms with van der Waals surface area (Å²) in [5, 5.41) is 26.2. The third-order valence-electron chi connectivity index (χ3n) is 3.50. The first-order valence-corrected chi connectivity index (χ1v) is 6.77. The van der Waals surface area contributed by atoms with Gasteiger partial charge in [0.2, 0.25) is 0 Å². The van der Waals surface area contributed by atoms with Gasteiger partial charge in [0, 0.05) is 10.9 Å². The summed E-state index contributed by atoms with van der Waals surface area (Å²) in [4.78, 5) is 10.9. The van der Waals surface area contributed by atoms with Crippen LogP contribution in [0.25, 0.3) is 22.2 Å². The number of halogens is 4. The maximum atomic E-state index is 13.9. The zero-order valence-corrected chi connectivity index (χ0v) is 12.2. The van der Waals surface area contributed by atoms with Crippen LogP contribution in [0.15, 0.2) is 36.4 Å². The number of rotatable bonds is 2. The van der Waals surface area contributed by atoms with Crippen LogP contribution in [0, 0.1) is 5.82 Å². The van der Waals surface area contributed by atoms with Crippen LogP contribution in [0.5, 0.6) is 5.75 Å². The summed E-state index contributed by atoms with van der Waals surface area (Å²) in [7, 11) is 0. The fraction of sp³-hybridized carbons (Fsp3) is 0.0625. The van der Waals surface area contributed by atoms with Crippen molar-refractivity contribution in [2.45, 2.75) is 6.18 Å². The summed E-state index contributed by atoms with van der Waals surface area (Å²) < 4.78 is 52.3. The van der Waals surface area contributed by atoms with Gasteiger partial charge in [-0.2, -0.15) is 13.2 Å². The Morgan fingerprint density at radius 2 is 1.76 bits per heavy atom. The molecule has 5 nitrogen and oxygen atoms in total. The van der Waals surface area contributed by atoms with Gasteiger partial charge in [-0.3, -0.25) is 0 Å². The van der Waals surface area contributed by atoms with Gasteiger partial charge in [0.15, 0.2) is 0 Å². The van der Waals surface area contributed by atoms with Crippen molar-refractivity contribution in [1.82, 2.24) is 10.2 Å². The van der Waals surface area contributed by atoms with Gasteiger partial charge in [-0.1, -0.05) is 0 Å². The molecular weight excluding hydrogens is 344 g/mol. The molecule has 25 heavy (non-hydrogen) atoms. The Labute approximate surface area is 137 Å². The van der Waals surface area contributed by atoms with E-state index in [1.54, 1.807) is 0 Å². The number of nitrogens with zero attached hydrogens (tertiary/aromatic N) is 2. The largest absolute Gasteiger partial charge is 0.507 e. The van der Waals surface area contributed by atoms with Gasteiger partial charge in [-0.15, -0.1) is 10.2 Å². The van der Waals surface area contributed by atoms with E-state index in [0.717, 1.165) is 18.2 Å². The van der Waals surface area contributed by atoms with Crippen LogP contribution in [-0.2, 0) is 6.18 Å². The molecule has 9 heteroatoms. The normalized spacial score (nSPS) is 11.7. The SMILES string of the molecule is O=C(O)c1cc(O)c2cc(-c3cc(C(F)(F)F)ccc3F)nnc2c1. The number of benzene rings is 2. The first kappa shape index (κ1) is 16.6. The van der Waals surface area contributed by atoms with E-state index in [4.69, 9.17) is 5.11 Å². The third kappa shape index (κ3) is 3.08. The number of carboxylic acid groups (broad SMARTS) is 1. The van der Waals surface area contributed by atoms with Gasteiger partial charge >= 0.3 is 12.1 Å². The van der Waals surface area contributed by atoms with Crippen molar-refractivity contribution in [2.24, 2.45) is 0 Å². The van der Waals surface area contributed by atoms with Crippen LogP contribution in [0.3, 0.4) is 0 Å². The number of carboxylic acids is 1. The van der Waals surface area contributed by atoms with E-state index in [2.05, 4.69) is 10.2 Å². The van der Waals surface area contributed by atoms with E-state index in [1.165, 1.54) is 0 Å². The standard InChI is InChI=1S/C16H8F4N2O3/c17-11-2-1-8(16(18,19)20)5-9(11)13-6-10-12(21-22-13)3-7(15(24)25)4-14(10)23/h1-6,23H,(H,24,25). The van der Waals surface area contributed by atoms with Crippen molar-refractivity contribution in [3.63, 3.8) is 0 Å². The minimum absolute atomic E-state index is 0.00790. The lowest BCUT2D eigenvalue weighted by atomic mass is 10.0. The minimum atomic E-state index is -4.66. The number of hydrogen-bond acceptors (Lipinski definition) is 4. The summed E-state index contributed by atoms with van der Waals surface area (Å²) in [6, 6.07) is 5.09. The summed E-state index contributed by atoms with van der Waals surface area (Å²) in [5.41, 5.74) is -1.96. The average molecular weight is 352 g/mol. The molecule has 0 fully saturated rings. The first-order valence-electron chi connectivity index (χ1n) is 6.77. The van der Waals surface area contributed by atoms with E-state index >= 15 is 0 Å². The van der Waals surface area contributed by atoms with Gasteiger partial charge in [0.05, 0.1) is 22.3 Å². The molecule has 0 aliphatic carbocycles. The van der Waals surface area contributed by atoms with Crippen molar-refractivity contribution in [1.29, 1.82) is 0 Å². The molecule has 0 saturated carbocycles. The maximum Gasteiger partial charge on any atom is 0.416 e. The van der Waals surface area contributed by atoms with Gasteiger partial charge in [-0.05, 0) is 36.4 Å². The van der Waals surface area contributed by atoms with Gasteiger partial charge in [0.1, 0.15) is 11.6 Å². The molecule has 0 unspecified atom stereocenters. The zero-order valence-electron chi connectivity index (χ0n) is 12.2. The van der Waals surface area contributed by atoms with E-state index in [0.29, 0.717) is 18.2 Å². The fourth-order valence-corrected chi connectivity index (χ4v) is 2.28. The van der Waals surface area contributed by atoms with Crippen LogP contribution < -0.4 is 0 Å². The van der Waals surface area contributed by atoms with Crippen LogP contribution in [0.2, 0.25) is 0 Å². The monoisotopic (exact) mass is 352 g/mol. The highest BCUT2D eigenvalue weighted by atomic mass is 19.4. The highest BCUT2D eigenvalue weighted by molar-refractivity contribution is 5.96. The van der Waals surface area contributed by atoms with Gasteiger partial charge in [0.25, 0.3) is 0 Å². The number of aromatic nitrogens is 2. The second-order valence-corrected chi connectivity index (χ2v) is 5.16. The lowest BCUT2D eigenvalue weighted by Gasteiger charge is -2.10. The van der Waals surface area contributed by atoms with E-state index < -0.39 is 34.8 Å². The molecule has 0 spiro atoms. The average Bonchev–Trinajstić information content (AvgIpc) is 2.54. The minimum Gasteiger partial charge on any atom is -0.507 e. The van der Waals surface area contributed by atoms with Crippen LogP contribution in [-0.4, -0.2) is 26.4 Å². The second-order valence-electron chi connectivity index (χ2n) is 5.16. The molecule has 2 aromatic carbocycles. The number of carbonyl (C=O) groups is 1. The molecule has 0 radical (unpaired) electrons. The van der Waals surface area contributed by atoms with Crippen LogP contribution in [0.1, 0.15) is 15.9 Å². The van der Waals surface area contributed by atoms with Gasteiger partial charge < -0.3 is 10.2 Å². The molecule has 1 aromatic heterocycles. The Morgan fingerprint density at radius 3 is 2.40 bits per heavy atom. The molecule has 3 aromatic rings. The summed E-state index contributed by atoms with van der Waals surface area (Å²) in [6.07, 6.45) is -4.66. The third-order valence-corrected chi connectivity index (χ3v) is 3.50. The maximum absolute atomic E-state index is 13.9. The van der Waals surface area contributed by atoms with Crippen molar-refractivity contribution >= 4 is 16.9 Å². The molecular formula is C16H8F4N2O3. The molecule has 128 valence electrons. The van der Waals surface area contributed by atoms with Crippen LogP contribution in [0.4, 0.5) is 17.6 Å². The number of fused-ring (bicyclic) bond motifs is 1. The number of aromatic carboxylic acids is 1. The lowest BCUT2D eigenvalue weighted by molar-refractivity contribution is -0.137. The molecule has 2 N–H and O–H groups in total. The Morgan fingerprint density at radius 1 is 1.04 bits per heavy atom. The highest BCUT2D eigenvalue weighted by Gasteiger charge is 2.31. The number of phenolic OH excluding ortho intramolecular Hbond substituents is 1. The number of hydrogen-bond donors (Lipinski definition) is 2. The second kappa shape index (κ2) is 5.69. The highest BCUT2D eigenvalue weighted by Crippen LogP contribution is 2.34. The summed E-state index contributed by atoms with van der Waals surface area (Å²) in [6.45, 7) is 0. The first-order chi connectivity index (χ1) is 11.7. The molecule has 0 amide bonds. The number of aromatic hydroxyl groups is 1. The quantitative estimate of drug-likeness (QED) is 0.685. The Kier molecular flexibility index (Phi) is 3.78. The molecule has 0 aliphatic rings. The number of alkyl halides is 3. The summed E-state index contributed by atoms with van der Waals surface area (Å²) >= 11 is 0. The molecule has 0 aliphatic heterocycles. The fourth-order valence-electron chi connectivity index (χ4n) is 2.28. The van der Waals surface area contributed by atoms with Crippen molar-refractivity contribution in [2.75, 3.05) is 0 Å². The number of phenols is 1. The topological polar surface area (TPSA) is 83.3 Å². The van der Waals surface area contributed by atoms with Gasteiger partial charge in [-0.25, -0.2) is 9.18 Å². The van der Waals surface area contributed by atoms with Crippen LogP contribution >= 0.6 is 0 Å². The van der Waals surface area contributed by atoms with Crippen molar-refractivity contribution < 1.29 is 32.6 Å². The Hall–Kier alpha value is -3.23. The Balaban J connectivity index is 2.19. The lowest BCUT2D eigenvalue weighted by Crippen LogP contribution is -2.06. The molecule has 0 bridgehead atoms. The summed E-state index contributed by atoms with van der Waals surface area (Å²) in [5.74, 6) is -2.70. The van der Waals surface area contributed by atoms with Crippen molar-refractivity contribution in [3.05, 3.63) is 53.3 Å². The Bertz CT molecular complexity index is 1000. The predicted molar refractivity (Wildman–Crippen MR) is 78.6 cm³/mol. The predicted octanol–water partition coefficient (Wildman–Crippen LogP) is 3.86. The molecule has 0 atom stereocenters.